The van der Waals surface area contributed by atoms with Crippen molar-refractivity contribution >= 4 is 5.91 Å². The highest BCUT2D eigenvalue weighted by atomic mass is 16.5. The van der Waals surface area contributed by atoms with Crippen LogP contribution in [-0.2, 0) is 6.54 Å². The molecule has 31 heavy (non-hydrogen) atoms. The van der Waals surface area contributed by atoms with Crippen LogP contribution in [0.25, 0.3) is 0 Å². The summed E-state index contributed by atoms with van der Waals surface area (Å²) in [5.41, 5.74) is 5.40. The Morgan fingerprint density at radius 1 is 1.10 bits per heavy atom. The molecule has 4 heteroatoms. The summed E-state index contributed by atoms with van der Waals surface area (Å²) in [4.78, 5) is 15.4. The van der Waals surface area contributed by atoms with E-state index in [4.69, 9.17) is 4.74 Å². The second-order valence-corrected chi connectivity index (χ2v) is 9.46. The molecule has 0 spiro atoms. The van der Waals surface area contributed by atoms with E-state index in [9.17, 15) is 4.79 Å². The van der Waals surface area contributed by atoms with E-state index in [0.717, 1.165) is 29.3 Å². The highest BCUT2D eigenvalue weighted by molar-refractivity contribution is 5.94. The van der Waals surface area contributed by atoms with Crippen LogP contribution >= 0.6 is 0 Å². The normalized spacial score (nSPS) is 16.4. The predicted molar refractivity (Wildman–Crippen MR) is 128 cm³/mol. The van der Waals surface area contributed by atoms with Gasteiger partial charge in [-0.2, -0.15) is 0 Å². The summed E-state index contributed by atoms with van der Waals surface area (Å²) >= 11 is 0. The molecule has 0 radical (unpaired) electrons. The molecule has 1 atom stereocenters. The van der Waals surface area contributed by atoms with E-state index in [2.05, 4.69) is 62.2 Å². The van der Waals surface area contributed by atoms with Crippen molar-refractivity contribution < 1.29 is 9.53 Å². The van der Waals surface area contributed by atoms with Crippen molar-refractivity contribution in [3.05, 3.63) is 64.2 Å². The lowest BCUT2D eigenvalue weighted by molar-refractivity contribution is 0.0939. The Morgan fingerprint density at radius 3 is 2.32 bits per heavy atom. The number of nitrogens with one attached hydrogen (secondary N) is 1. The molecule has 1 saturated heterocycles. The molecule has 1 heterocycles. The number of carbonyl (C=O) groups is 1. The molecule has 1 amide bonds. The van der Waals surface area contributed by atoms with Crippen molar-refractivity contribution in [3.63, 3.8) is 0 Å². The fourth-order valence-electron chi connectivity index (χ4n) is 4.41. The Labute approximate surface area is 188 Å². The number of likely N-dealkylation sites (tertiary alicyclic amines) is 1. The lowest BCUT2D eigenvalue weighted by Gasteiger charge is -2.30. The van der Waals surface area contributed by atoms with Gasteiger partial charge in [0.1, 0.15) is 5.75 Å². The highest BCUT2D eigenvalue weighted by Crippen LogP contribution is 2.32. The molecule has 0 bridgehead atoms. The van der Waals surface area contributed by atoms with Crippen LogP contribution in [0.5, 0.6) is 5.75 Å². The summed E-state index contributed by atoms with van der Waals surface area (Å²) in [6.45, 7) is 14.1. The zero-order valence-corrected chi connectivity index (χ0v) is 20.0. The number of rotatable bonds is 7. The first-order valence-electron chi connectivity index (χ1n) is 11.6. The van der Waals surface area contributed by atoms with Gasteiger partial charge >= 0.3 is 0 Å². The number of carbonyl (C=O) groups excluding carboxylic acids is 1. The van der Waals surface area contributed by atoms with Crippen molar-refractivity contribution in [2.75, 3.05) is 20.2 Å². The van der Waals surface area contributed by atoms with Crippen LogP contribution in [0.15, 0.2) is 36.4 Å². The molecule has 1 aliphatic rings. The van der Waals surface area contributed by atoms with Crippen LogP contribution in [-0.4, -0.2) is 31.0 Å². The molecule has 168 valence electrons. The number of hydrogen-bond acceptors (Lipinski definition) is 3. The number of methoxy groups -OCH3 is 1. The number of nitrogens with zero attached hydrogens (tertiary/aromatic N) is 1. The van der Waals surface area contributed by atoms with E-state index in [1.54, 1.807) is 7.11 Å². The number of amides is 1. The number of benzene rings is 2. The fourth-order valence-corrected chi connectivity index (χ4v) is 4.41. The third-order valence-electron chi connectivity index (χ3n) is 6.55. The minimum Gasteiger partial charge on any atom is -0.496 e. The Kier molecular flexibility index (Phi) is 7.77. The predicted octanol–water partition coefficient (Wildman–Crippen LogP) is 5.85. The molecule has 1 unspecified atom stereocenters. The van der Waals surface area contributed by atoms with E-state index in [1.807, 2.05) is 19.1 Å². The molecule has 2 aromatic rings. The van der Waals surface area contributed by atoms with Gasteiger partial charge in [0.2, 0.25) is 0 Å². The summed E-state index contributed by atoms with van der Waals surface area (Å²) in [7, 11) is 1.71. The molecule has 3 rings (SSSR count). The van der Waals surface area contributed by atoms with Crippen molar-refractivity contribution in [1.82, 2.24) is 10.2 Å². The lowest BCUT2D eigenvalue weighted by atomic mass is 9.93. The van der Waals surface area contributed by atoms with E-state index >= 15 is 0 Å². The maximum Gasteiger partial charge on any atom is 0.251 e. The molecule has 2 aromatic carbocycles. The van der Waals surface area contributed by atoms with Gasteiger partial charge in [-0.3, -0.25) is 9.69 Å². The van der Waals surface area contributed by atoms with E-state index in [1.165, 1.54) is 37.1 Å². The van der Waals surface area contributed by atoms with Gasteiger partial charge in [0.15, 0.2) is 0 Å². The van der Waals surface area contributed by atoms with Crippen molar-refractivity contribution in [2.45, 2.75) is 66.0 Å². The van der Waals surface area contributed by atoms with Crippen molar-refractivity contribution in [3.8, 4) is 5.75 Å². The zero-order valence-electron chi connectivity index (χ0n) is 20.0. The summed E-state index contributed by atoms with van der Waals surface area (Å²) < 4.78 is 5.55. The van der Waals surface area contributed by atoms with Gasteiger partial charge in [0.05, 0.1) is 13.2 Å². The van der Waals surface area contributed by atoms with Gasteiger partial charge in [-0.25, -0.2) is 0 Å². The standard InChI is InChI=1S/C27H38N2O2/c1-18(2)24-16-25(20(4)15-26(24)31-6)21(5)28-27(30)23-9-7-22(8-10-23)17-29-13-11-19(3)12-14-29/h7-10,15-16,18-19,21H,11-14,17H2,1-6H3,(H,28,30). The smallest absolute Gasteiger partial charge is 0.251 e. The SMILES string of the molecule is COc1cc(C)c(C(C)NC(=O)c2ccc(CN3CCC(C)CC3)cc2)cc1C(C)C. The van der Waals surface area contributed by atoms with Crippen LogP contribution in [0.4, 0.5) is 0 Å². The van der Waals surface area contributed by atoms with Crippen molar-refractivity contribution in [2.24, 2.45) is 5.92 Å². The summed E-state index contributed by atoms with van der Waals surface area (Å²) in [5, 5.41) is 3.17. The second-order valence-electron chi connectivity index (χ2n) is 9.46. The van der Waals surface area contributed by atoms with Crippen LogP contribution in [0.3, 0.4) is 0 Å². The molecule has 0 aromatic heterocycles. The van der Waals surface area contributed by atoms with E-state index in [0.29, 0.717) is 11.5 Å². The van der Waals surface area contributed by atoms with Crippen LogP contribution in [0, 0.1) is 12.8 Å². The lowest BCUT2D eigenvalue weighted by Crippen LogP contribution is -2.32. The average Bonchev–Trinajstić information content (AvgIpc) is 2.75. The van der Waals surface area contributed by atoms with Gasteiger partial charge in [-0.1, -0.05) is 32.9 Å². The van der Waals surface area contributed by atoms with E-state index in [-0.39, 0.29) is 11.9 Å². The Hall–Kier alpha value is -2.33. The summed E-state index contributed by atoms with van der Waals surface area (Å²) in [6, 6.07) is 12.2. The highest BCUT2D eigenvalue weighted by Gasteiger charge is 2.18. The summed E-state index contributed by atoms with van der Waals surface area (Å²) in [5.74, 6) is 2.07. The van der Waals surface area contributed by atoms with Gasteiger partial charge in [0.25, 0.3) is 5.91 Å². The quantitative estimate of drug-likeness (QED) is 0.608. The molecule has 1 fully saturated rings. The minimum atomic E-state index is -0.0778. The van der Waals surface area contributed by atoms with Gasteiger partial charge < -0.3 is 10.1 Å². The monoisotopic (exact) mass is 422 g/mol. The molecule has 4 nitrogen and oxygen atoms in total. The Morgan fingerprint density at radius 2 is 1.74 bits per heavy atom. The first kappa shape index (κ1) is 23.3. The number of hydrogen-bond donors (Lipinski definition) is 1. The molecular formula is C27H38N2O2. The maximum atomic E-state index is 12.9. The zero-order chi connectivity index (χ0) is 22.5. The maximum absolute atomic E-state index is 12.9. The average molecular weight is 423 g/mol. The van der Waals surface area contributed by atoms with Crippen LogP contribution < -0.4 is 10.1 Å². The molecule has 0 aliphatic carbocycles. The molecule has 1 aliphatic heterocycles. The van der Waals surface area contributed by atoms with Gasteiger partial charge in [0, 0.05) is 12.1 Å². The third kappa shape index (κ3) is 5.88. The largest absolute Gasteiger partial charge is 0.496 e. The topological polar surface area (TPSA) is 41.6 Å². The van der Waals surface area contributed by atoms with Gasteiger partial charge in [-0.15, -0.1) is 0 Å². The summed E-state index contributed by atoms with van der Waals surface area (Å²) in [6.07, 6.45) is 2.56. The van der Waals surface area contributed by atoms with Gasteiger partial charge in [-0.05, 0) is 98.1 Å². The first-order valence-corrected chi connectivity index (χ1v) is 11.6. The molecule has 0 saturated carbocycles. The Bertz CT molecular complexity index is 881. The number of ether oxygens (including phenoxy) is 1. The number of piperidine rings is 1. The molecule has 1 N–H and O–H groups in total. The third-order valence-corrected chi connectivity index (χ3v) is 6.55. The fraction of sp³-hybridized carbons (Fsp3) is 0.519. The second kappa shape index (κ2) is 10.3. The number of aryl methyl sites for hydroxylation is 1. The van der Waals surface area contributed by atoms with E-state index < -0.39 is 0 Å². The first-order chi connectivity index (χ1) is 14.8. The van der Waals surface area contributed by atoms with Crippen LogP contribution in [0.1, 0.15) is 85.1 Å². The Balaban J connectivity index is 1.65. The minimum absolute atomic E-state index is 0.0350. The van der Waals surface area contributed by atoms with Crippen LogP contribution in [0.2, 0.25) is 0 Å². The van der Waals surface area contributed by atoms with Crippen molar-refractivity contribution in [1.29, 1.82) is 0 Å². The molecular weight excluding hydrogens is 384 g/mol.